The van der Waals surface area contributed by atoms with E-state index in [1.165, 1.54) is 30.4 Å². The second-order valence-corrected chi connectivity index (χ2v) is 2.24. The Morgan fingerprint density at radius 3 is 2.67 bits per heavy atom. The highest BCUT2D eigenvalue weighted by atomic mass is 16.3. The van der Waals surface area contributed by atoms with E-state index in [1.54, 1.807) is 0 Å². The molecule has 0 aliphatic rings. The molecule has 2 N–H and O–H groups in total. The van der Waals surface area contributed by atoms with E-state index in [2.05, 4.69) is 0 Å². The standard InChI is InChI=1S/C9H8O3/c10-5-1-2-7-6-8(11)3-4-9(7)12/h1-6,11-12H. The lowest BCUT2D eigenvalue weighted by atomic mass is 10.2. The van der Waals surface area contributed by atoms with Crippen molar-refractivity contribution in [3.63, 3.8) is 0 Å². The van der Waals surface area contributed by atoms with E-state index in [0.29, 0.717) is 11.8 Å². The molecule has 62 valence electrons. The summed E-state index contributed by atoms with van der Waals surface area (Å²) in [4.78, 5) is 9.94. The van der Waals surface area contributed by atoms with Crippen LogP contribution in [-0.4, -0.2) is 16.5 Å². The molecule has 0 saturated heterocycles. The van der Waals surface area contributed by atoms with Crippen LogP contribution in [0.5, 0.6) is 11.5 Å². The maximum absolute atomic E-state index is 9.94. The summed E-state index contributed by atoms with van der Waals surface area (Å²) in [6.45, 7) is 0. The monoisotopic (exact) mass is 164 g/mol. The highest BCUT2D eigenvalue weighted by Gasteiger charge is 1.96. The van der Waals surface area contributed by atoms with Crippen molar-refractivity contribution >= 4 is 12.4 Å². The summed E-state index contributed by atoms with van der Waals surface area (Å²) in [6, 6.07) is 4.10. The molecule has 12 heavy (non-hydrogen) atoms. The van der Waals surface area contributed by atoms with Gasteiger partial charge in [-0.3, -0.25) is 4.79 Å². The van der Waals surface area contributed by atoms with Crippen molar-refractivity contribution in [2.45, 2.75) is 0 Å². The van der Waals surface area contributed by atoms with Crippen LogP contribution in [0, 0.1) is 0 Å². The van der Waals surface area contributed by atoms with Crippen LogP contribution in [0.1, 0.15) is 5.56 Å². The van der Waals surface area contributed by atoms with E-state index in [4.69, 9.17) is 5.11 Å². The number of hydrogen-bond donors (Lipinski definition) is 2. The fourth-order valence-corrected chi connectivity index (χ4v) is 0.818. The summed E-state index contributed by atoms with van der Waals surface area (Å²) < 4.78 is 0. The summed E-state index contributed by atoms with van der Waals surface area (Å²) in [7, 11) is 0. The van der Waals surface area contributed by atoms with Crippen molar-refractivity contribution in [1.82, 2.24) is 0 Å². The van der Waals surface area contributed by atoms with E-state index in [9.17, 15) is 9.90 Å². The Morgan fingerprint density at radius 2 is 2.00 bits per heavy atom. The van der Waals surface area contributed by atoms with E-state index >= 15 is 0 Å². The molecule has 0 fully saturated rings. The van der Waals surface area contributed by atoms with Crippen LogP contribution in [0.25, 0.3) is 6.08 Å². The van der Waals surface area contributed by atoms with Crippen LogP contribution in [0.3, 0.4) is 0 Å². The van der Waals surface area contributed by atoms with Crippen LogP contribution in [0.2, 0.25) is 0 Å². The molecule has 0 unspecified atom stereocenters. The molecule has 3 heteroatoms. The van der Waals surface area contributed by atoms with Crippen molar-refractivity contribution in [1.29, 1.82) is 0 Å². The van der Waals surface area contributed by atoms with Crippen LogP contribution in [-0.2, 0) is 4.79 Å². The van der Waals surface area contributed by atoms with Crippen molar-refractivity contribution in [3.8, 4) is 11.5 Å². The van der Waals surface area contributed by atoms with Crippen LogP contribution < -0.4 is 0 Å². The molecule has 0 amide bonds. The molecule has 0 spiro atoms. The van der Waals surface area contributed by atoms with Gasteiger partial charge in [-0.25, -0.2) is 0 Å². The molecule has 1 aromatic rings. The number of phenolic OH excluding ortho intramolecular Hbond substituents is 2. The molecule has 0 bridgehead atoms. The first-order valence-electron chi connectivity index (χ1n) is 3.38. The van der Waals surface area contributed by atoms with Gasteiger partial charge in [-0.15, -0.1) is 0 Å². The van der Waals surface area contributed by atoms with Gasteiger partial charge < -0.3 is 10.2 Å². The number of benzene rings is 1. The van der Waals surface area contributed by atoms with E-state index in [1.807, 2.05) is 0 Å². The van der Waals surface area contributed by atoms with E-state index < -0.39 is 0 Å². The van der Waals surface area contributed by atoms with E-state index in [-0.39, 0.29) is 11.5 Å². The highest BCUT2D eigenvalue weighted by Crippen LogP contribution is 2.22. The SMILES string of the molecule is O=CC=Cc1cc(O)ccc1O. The number of carbonyl (C=O) groups excluding carboxylic acids is 1. The molecular formula is C9H8O3. The highest BCUT2D eigenvalue weighted by molar-refractivity contribution is 5.75. The Morgan fingerprint density at radius 1 is 1.25 bits per heavy atom. The van der Waals surface area contributed by atoms with Gasteiger partial charge in [-0.1, -0.05) is 0 Å². The van der Waals surface area contributed by atoms with Crippen molar-refractivity contribution < 1.29 is 15.0 Å². The number of allylic oxidation sites excluding steroid dienone is 1. The summed E-state index contributed by atoms with van der Waals surface area (Å²) in [5, 5.41) is 18.2. The van der Waals surface area contributed by atoms with Gasteiger partial charge in [-0.2, -0.15) is 0 Å². The predicted molar refractivity (Wildman–Crippen MR) is 44.9 cm³/mol. The van der Waals surface area contributed by atoms with Crippen LogP contribution in [0.15, 0.2) is 24.3 Å². The Balaban J connectivity index is 3.04. The van der Waals surface area contributed by atoms with Gasteiger partial charge >= 0.3 is 0 Å². The number of phenols is 2. The van der Waals surface area contributed by atoms with Gasteiger partial charge in [0.25, 0.3) is 0 Å². The van der Waals surface area contributed by atoms with Gasteiger partial charge in [-0.05, 0) is 30.4 Å². The van der Waals surface area contributed by atoms with Crippen molar-refractivity contribution in [3.05, 3.63) is 29.8 Å². The summed E-state index contributed by atoms with van der Waals surface area (Å²) >= 11 is 0. The Kier molecular flexibility index (Phi) is 2.48. The van der Waals surface area contributed by atoms with Gasteiger partial charge in [0, 0.05) is 5.56 Å². The van der Waals surface area contributed by atoms with Crippen molar-refractivity contribution in [2.75, 3.05) is 0 Å². The minimum absolute atomic E-state index is 0.0332. The molecule has 1 rings (SSSR count). The number of rotatable bonds is 2. The van der Waals surface area contributed by atoms with E-state index in [0.717, 1.165) is 0 Å². The molecule has 0 atom stereocenters. The lowest BCUT2D eigenvalue weighted by Crippen LogP contribution is -1.74. The largest absolute Gasteiger partial charge is 0.508 e. The molecule has 3 nitrogen and oxygen atoms in total. The van der Waals surface area contributed by atoms with Crippen LogP contribution in [0.4, 0.5) is 0 Å². The molecule has 0 saturated carbocycles. The van der Waals surface area contributed by atoms with Gasteiger partial charge in [0.2, 0.25) is 0 Å². The fraction of sp³-hybridized carbons (Fsp3) is 0. The normalized spacial score (nSPS) is 10.3. The maximum atomic E-state index is 9.94. The number of carbonyl (C=O) groups is 1. The lowest BCUT2D eigenvalue weighted by Gasteiger charge is -1.98. The number of hydrogen-bond acceptors (Lipinski definition) is 3. The second-order valence-electron chi connectivity index (χ2n) is 2.24. The third kappa shape index (κ3) is 1.85. The third-order valence-electron chi connectivity index (χ3n) is 1.37. The first-order valence-corrected chi connectivity index (χ1v) is 3.38. The molecule has 0 aromatic heterocycles. The number of aromatic hydroxyl groups is 2. The second kappa shape index (κ2) is 3.57. The summed E-state index contributed by atoms with van der Waals surface area (Å²) in [5.41, 5.74) is 0.419. The molecule has 0 heterocycles. The van der Waals surface area contributed by atoms with Crippen LogP contribution >= 0.6 is 0 Å². The zero-order valence-corrected chi connectivity index (χ0v) is 6.27. The fourth-order valence-electron chi connectivity index (χ4n) is 0.818. The molecule has 0 aliphatic heterocycles. The molecule has 1 aromatic carbocycles. The van der Waals surface area contributed by atoms with Gasteiger partial charge in [0.05, 0.1) is 0 Å². The average molecular weight is 164 g/mol. The average Bonchev–Trinajstić information content (AvgIpc) is 2.07. The quantitative estimate of drug-likeness (QED) is 0.393. The zero-order chi connectivity index (χ0) is 8.97. The minimum atomic E-state index is 0.0332. The lowest BCUT2D eigenvalue weighted by molar-refractivity contribution is -0.104. The topological polar surface area (TPSA) is 57.5 Å². The zero-order valence-electron chi connectivity index (χ0n) is 6.27. The smallest absolute Gasteiger partial charge is 0.142 e. The van der Waals surface area contributed by atoms with Gasteiger partial charge in [0.1, 0.15) is 17.8 Å². The molecular weight excluding hydrogens is 156 g/mol. The summed E-state index contributed by atoms with van der Waals surface area (Å²) in [6.07, 6.45) is 3.26. The molecule has 0 radical (unpaired) electrons. The predicted octanol–water partition coefficient (Wildman–Crippen LogP) is 1.31. The minimum Gasteiger partial charge on any atom is -0.508 e. The first-order chi connectivity index (χ1) is 5.74. The Hall–Kier alpha value is -1.77. The molecule has 0 aliphatic carbocycles. The maximum Gasteiger partial charge on any atom is 0.142 e. The number of aldehydes is 1. The van der Waals surface area contributed by atoms with Gasteiger partial charge in [0.15, 0.2) is 0 Å². The Labute approximate surface area is 69.6 Å². The van der Waals surface area contributed by atoms with Crippen molar-refractivity contribution in [2.24, 2.45) is 0 Å². The summed E-state index contributed by atoms with van der Waals surface area (Å²) in [5.74, 6) is 0.0873. The Bertz CT molecular complexity index is 316. The first kappa shape index (κ1) is 8.33. The third-order valence-corrected chi connectivity index (χ3v) is 1.37.